The zero-order valence-corrected chi connectivity index (χ0v) is 19.7. The van der Waals surface area contributed by atoms with Gasteiger partial charge in [0.25, 0.3) is 0 Å². The van der Waals surface area contributed by atoms with Crippen LogP contribution in [-0.4, -0.2) is 44.7 Å². The molecule has 0 radical (unpaired) electrons. The van der Waals surface area contributed by atoms with Crippen LogP contribution >= 0.6 is 22.9 Å². The van der Waals surface area contributed by atoms with E-state index in [0.29, 0.717) is 48.5 Å². The lowest BCUT2D eigenvalue weighted by atomic mass is 10.2. The molecular formula is C24H27ClN2O4S. The topological polar surface area (TPSA) is 60.0 Å². The summed E-state index contributed by atoms with van der Waals surface area (Å²) in [6.07, 6.45) is 0. The zero-order chi connectivity index (χ0) is 22.8. The molecule has 0 aliphatic heterocycles. The Morgan fingerprint density at radius 2 is 1.88 bits per heavy atom. The fraction of sp³-hybridized carbons (Fsp3) is 0.292. The fourth-order valence-corrected chi connectivity index (χ4v) is 4.08. The van der Waals surface area contributed by atoms with Crippen molar-refractivity contribution in [3.05, 3.63) is 75.4 Å². The predicted molar refractivity (Wildman–Crippen MR) is 128 cm³/mol. The van der Waals surface area contributed by atoms with Gasteiger partial charge in [0.05, 0.1) is 20.8 Å². The van der Waals surface area contributed by atoms with Gasteiger partial charge in [-0.25, -0.2) is 0 Å². The van der Waals surface area contributed by atoms with E-state index in [-0.39, 0.29) is 12.5 Å². The summed E-state index contributed by atoms with van der Waals surface area (Å²) in [5.41, 5.74) is 0.893. The molecule has 0 saturated heterocycles. The van der Waals surface area contributed by atoms with Gasteiger partial charge in [0.2, 0.25) is 5.91 Å². The number of carbonyl (C=O) groups is 1. The second-order valence-electron chi connectivity index (χ2n) is 7.02. The molecule has 0 atom stereocenters. The lowest BCUT2D eigenvalue weighted by molar-refractivity contribution is -0.122. The molecule has 0 spiro atoms. The van der Waals surface area contributed by atoms with E-state index >= 15 is 0 Å². The standard InChI is InChI=1S/C24H27ClN2O4S/c1-29-22-10-9-19(14-23(22)30-2)31-12-11-27(16-20-7-5-13-32-20)17-24(28)26-15-18-6-3-4-8-21(18)25/h3-10,13-14H,11-12,15-17H2,1-2H3,(H,26,28). The molecule has 1 N–H and O–H groups in total. The van der Waals surface area contributed by atoms with Crippen molar-refractivity contribution in [3.8, 4) is 17.2 Å². The lowest BCUT2D eigenvalue weighted by Gasteiger charge is -2.21. The van der Waals surface area contributed by atoms with Crippen LogP contribution in [0, 0.1) is 0 Å². The average molecular weight is 475 g/mol. The van der Waals surface area contributed by atoms with Crippen molar-refractivity contribution in [3.63, 3.8) is 0 Å². The molecule has 32 heavy (non-hydrogen) atoms. The molecule has 8 heteroatoms. The number of hydrogen-bond donors (Lipinski definition) is 1. The van der Waals surface area contributed by atoms with Gasteiger partial charge in [-0.3, -0.25) is 9.69 Å². The zero-order valence-electron chi connectivity index (χ0n) is 18.2. The van der Waals surface area contributed by atoms with Crippen LogP contribution in [0.25, 0.3) is 0 Å². The first kappa shape index (κ1) is 23.9. The van der Waals surface area contributed by atoms with Crippen LogP contribution in [0.3, 0.4) is 0 Å². The number of ether oxygens (including phenoxy) is 3. The molecule has 0 saturated carbocycles. The molecule has 0 unspecified atom stereocenters. The highest BCUT2D eigenvalue weighted by atomic mass is 35.5. The maximum atomic E-state index is 12.6. The molecule has 170 valence electrons. The molecule has 0 aliphatic rings. The van der Waals surface area contributed by atoms with E-state index in [4.69, 9.17) is 25.8 Å². The maximum absolute atomic E-state index is 12.6. The average Bonchev–Trinajstić information content (AvgIpc) is 3.31. The van der Waals surface area contributed by atoms with Crippen molar-refractivity contribution in [2.45, 2.75) is 13.1 Å². The first-order valence-electron chi connectivity index (χ1n) is 10.2. The van der Waals surface area contributed by atoms with Crippen molar-refractivity contribution < 1.29 is 19.0 Å². The van der Waals surface area contributed by atoms with Crippen molar-refractivity contribution in [1.82, 2.24) is 10.2 Å². The number of halogens is 1. The molecular weight excluding hydrogens is 448 g/mol. The van der Waals surface area contributed by atoms with Gasteiger partial charge < -0.3 is 19.5 Å². The number of benzene rings is 2. The highest BCUT2D eigenvalue weighted by Crippen LogP contribution is 2.30. The van der Waals surface area contributed by atoms with Crippen LogP contribution in [0.5, 0.6) is 17.2 Å². The number of rotatable bonds is 12. The first-order valence-corrected chi connectivity index (χ1v) is 11.4. The quantitative estimate of drug-likeness (QED) is 0.415. The number of methoxy groups -OCH3 is 2. The Morgan fingerprint density at radius 3 is 2.59 bits per heavy atom. The number of nitrogens with one attached hydrogen (secondary N) is 1. The minimum atomic E-state index is -0.0624. The highest BCUT2D eigenvalue weighted by Gasteiger charge is 2.13. The molecule has 0 fully saturated rings. The lowest BCUT2D eigenvalue weighted by Crippen LogP contribution is -2.38. The van der Waals surface area contributed by atoms with Crippen molar-refractivity contribution >= 4 is 28.8 Å². The predicted octanol–water partition coefficient (Wildman–Crippen LogP) is 4.62. The van der Waals surface area contributed by atoms with Gasteiger partial charge in [0, 0.05) is 35.6 Å². The molecule has 2 aromatic carbocycles. The Hall–Kier alpha value is -2.74. The Morgan fingerprint density at radius 1 is 1.06 bits per heavy atom. The Bertz CT molecular complexity index is 997. The summed E-state index contributed by atoms with van der Waals surface area (Å²) in [6, 6.07) is 17.0. The number of carbonyl (C=O) groups excluding carboxylic acids is 1. The normalized spacial score (nSPS) is 10.8. The number of amides is 1. The van der Waals surface area contributed by atoms with Crippen LogP contribution in [0.4, 0.5) is 0 Å². The minimum absolute atomic E-state index is 0.0624. The molecule has 3 rings (SSSR count). The Kier molecular flexibility index (Phi) is 9.22. The largest absolute Gasteiger partial charge is 0.493 e. The van der Waals surface area contributed by atoms with Crippen LogP contribution in [-0.2, 0) is 17.9 Å². The number of nitrogens with zero attached hydrogens (tertiary/aromatic N) is 1. The van der Waals surface area contributed by atoms with Gasteiger partial charge in [-0.1, -0.05) is 35.9 Å². The summed E-state index contributed by atoms with van der Waals surface area (Å²) >= 11 is 7.85. The summed E-state index contributed by atoms with van der Waals surface area (Å²) in [4.78, 5) is 15.8. The second kappa shape index (κ2) is 12.3. The monoisotopic (exact) mass is 474 g/mol. The highest BCUT2D eigenvalue weighted by molar-refractivity contribution is 7.09. The molecule has 3 aromatic rings. The van der Waals surface area contributed by atoms with Gasteiger partial charge in [0.15, 0.2) is 11.5 Å². The van der Waals surface area contributed by atoms with Crippen molar-refractivity contribution in [2.24, 2.45) is 0 Å². The number of thiophene rings is 1. The van der Waals surface area contributed by atoms with Crippen LogP contribution in [0.15, 0.2) is 60.0 Å². The van der Waals surface area contributed by atoms with Crippen LogP contribution < -0.4 is 19.5 Å². The van der Waals surface area contributed by atoms with Gasteiger partial charge in [-0.2, -0.15) is 0 Å². The Labute approximate surface area is 197 Å². The summed E-state index contributed by atoms with van der Waals surface area (Å²) in [5.74, 6) is 1.88. The van der Waals surface area contributed by atoms with Gasteiger partial charge in [-0.15, -0.1) is 11.3 Å². The molecule has 0 bridgehead atoms. The second-order valence-corrected chi connectivity index (χ2v) is 8.46. The Balaban J connectivity index is 1.55. The van der Waals surface area contributed by atoms with E-state index in [1.165, 1.54) is 4.88 Å². The van der Waals surface area contributed by atoms with Gasteiger partial charge in [0.1, 0.15) is 12.4 Å². The SMILES string of the molecule is COc1ccc(OCCN(CC(=O)NCc2ccccc2Cl)Cc2cccs2)cc1OC. The van der Waals surface area contributed by atoms with Crippen LogP contribution in [0.1, 0.15) is 10.4 Å². The van der Waals surface area contributed by atoms with Gasteiger partial charge >= 0.3 is 0 Å². The minimum Gasteiger partial charge on any atom is -0.493 e. The molecule has 1 aromatic heterocycles. The third kappa shape index (κ3) is 7.15. The molecule has 1 heterocycles. The summed E-state index contributed by atoms with van der Waals surface area (Å²) in [6.45, 7) is 2.35. The summed E-state index contributed by atoms with van der Waals surface area (Å²) < 4.78 is 16.5. The third-order valence-corrected chi connectivity index (χ3v) is 6.02. The van der Waals surface area contributed by atoms with E-state index in [1.54, 1.807) is 37.7 Å². The summed E-state index contributed by atoms with van der Waals surface area (Å²) in [5, 5.41) is 5.63. The van der Waals surface area contributed by atoms with Crippen molar-refractivity contribution in [1.29, 1.82) is 0 Å². The van der Waals surface area contributed by atoms with E-state index in [1.807, 2.05) is 41.8 Å². The van der Waals surface area contributed by atoms with E-state index < -0.39 is 0 Å². The molecule has 6 nitrogen and oxygen atoms in total. The van der Waals surface area contributed by atoms with E-state index in [2.05, 4.69) is 16.3 Å². The third-order valence-electron chi connectivity index (χ3n) is 4.79. The number of hydrogen-bond acceptors (Lipinski definition) is 6. The molecule has 0 aliphatic carbocycles. The maximum Gasteiger partial charge on any atom is 0.234 e. The van der Waals surface area contributed by atoms with E-state index in [0.717, 1.165) is 5.56 Å². The first-order chi connectivity index (χ1) is 15.6. The fourth-order valence-electron chi connectivity index (χ4n) is 3.13. The van der Waals surface area contributed by atoms with E-state index in [9.17, 15) is 4.79 Å². The summed E-state index contributed by atoms with van der Waals surface area (Å²) in [7, 11) is 3.18. The smallest absolute Gasteiger partial charge is 0.234 e. The van der Waals surface area contributed by atoms with Crippen molar-refractivity contribution in [2.75, 3.05) is 33.9 Å². The van der Waals surface area contributed by atoms with Crippen LogP contribution in [0.2, 0.25) is 5.02 Å². The van der Waals surface area contributed by atoms with Gasteiger partial charge in [-0.05, 0) is 35.2 Å². The molecule has 1 amide bonds.